The van der Waals surface area contributed by atoms with Crippen LogP contribution in [0.25, 0.3) is 0 Å². The van der Waals surface area contributed by atoms with Crippen LogP contribution in [0.5, 0.6) is 28.7 Å². The molecule has 0 saturated heterocycles. The third kappa shape index (κ3) is 9.63. The van der Waals surface area contributed by atoms with E-state index in [1.165, 1.54) is 37.6 Å². The zero-order valence-corrected chi connectivity index (χ0v) is 26.0. The number of nitrogens with zero attached hydrogens (tertiary/aromatic N) is 1. The van der Waals surface area contributed by atoms with Crippen molar-refractivity contribution in [2.24, 2.45) is 5.10 Å². The van der Waals surface area contributed by atoms with Crippen molar-refractivity contribution in [2.75, 3.05) is 38.3 Å². The predicted molar refractivity (Wildman–Crippen MR) is 172 cm³/mol. The highest BCUT2D eigenvalue weighted by molar-refractivity contribution is 7.92. The van der Waals surface area contributed by atoms with Gasteiger partial charge in [-0.25, -0.2) is 13.8 Å². The lowest BCUT2D eigenvalue weighted by molar-refractivity contribution is 0.0955. The first-order chi connectivity index (χ1) is 21.8. The van der Waals surface area contributed by atoms with Crippen LogP contribution in [0.4, 0.5) is 5.69 Å². The van der Waals surface area contributed by atoms with Crippen LogP contribution in [0, 0.1) is 0 Å². The van der Waals surface area contributed by atoms with Gasteiger partial charge in [0.05, 0.1) is 31.4 Å². The van der Waals surface area contributed by atoms with Crippen molar-refractivity contribution in [3.63, 3.8) is 0 Å². The minimum Gasteiger partial charge on any atom is -0.497 e. The molecule has 236 valence electrons. The molecule has 2 N–H and O–H groups in total. The first-order valence-electron chi connectivity index (χ1n) is 14.2. The standard InChI is InChI=1S/C33H35N3O8S/c1-4-41-28-14-16-29(17-15-28)43-19-20-44-31-18-9-24(21-32(31)42-5-2)23-34-35-33(37)25-7-6-8-30(22-25)45(38,39)36-26-10-12-27(40-3)13-11-26/h6-18,21-23,36H,4-5,19-20H2,1-3H3,(H,35,37). The summed E-state index contributed by atoms with van der Waals surface area (Å²) in [6.45, 7) is 5.43. The summed E-state index contributed by atoms with van der Waals surface area (Å²) in [5.74, 6) is 2.55. The fourth-order valence-electron chi connectivity index (χ4n) is 4.01. The number of ether oxygens (including phenoxy) is 5. The SMILES string of the molecule is CCOc1ccc(OCCOc2ccc(C=NNC(=O)c3cccc(S(=O)(=O)Nc4ccc(OC)cc4)c3)cc2OCC)cc1. The van der Waals surface area contributed by atoms with Gasteiger partial charge in [0.15, 0.2) is 11.5 Å². The third-order valence-electron chi connectivity index (χ3n) is 6.14. The molecule has 12 heteroatoms. The zero-order valence-electron chi connectivity index (χ0n) is 25.2. The average molecular weight is 634 g/mol. The van der Waals surface area contributed by atoms with Crippen LogP contribution in [0.1, 0.15) is 29.8 Å². The van der Waals surface area contributed by atoms with E-state index in [0.29, 0.717) is 60.7 Å². The molecule has 0 aromatic heterocycles. The third-order valence-corrected chi connectivity index (χ3v) is 7.52. The zero-order chi connectivity index (χ0) is 32.1. The fraction of sp³-hybridized carbons (Fsp3) is 0.212. The van der Waals surface area contributed by atoms with Crippen molar-refractivity contribution >= 4 is 27.8 Å². The monoisotopic (exact) mass is 633 g/mol. The second-order valence-corrected chi connectivity index (χ2v) is 11.0. The van der Waals surface area contributed by atoms with Crippen LogP contribution in [-0.4, -0.2) is 54.1 Å². The first-order valence-corrected chi connectivity index (χ1v) is 15.6. The Hall–Kier alpha value is -5.23. The molecule has 0 heterocycles. The molecule has 4 rings (SSSR count). The van der Waals surface area contributed by atoms with E-state index in [-0.39, 0.29) is 10.5 Å². The van der Waals surface area contributed by atoms with Gasteiger partial charge < -0.3 is 23.7 Å². The van der Waals surface area contributed by atoms with Crippen LogP contribution in [0.2, 0.25) is 0 Å². The fourth-order valence-corrected chi connectivity index (χ4v) is 5.11. The van der Waals surface area contributed by atoms with Gasteiger partial charge in [-0.3, -0.25) is 9.52 Å². The summed E-state index contributed by atoms with van der Waals surface area (Å²) in [4.78, 5) is 12.7. The van der Waals surface area contributed by atoms with E-state index >= 15 is 0 Å². The topological polar surface area (TPSA) is 134 Å². The van der Waals surface area contributed by atoms with E-state index in [9.17, 15) is 13.2 Å². The minimum atomic E-state index is -3.94. The van der Waals surface area contributed by atoms with Crippen molar-refractivity contribution in [3.05, 3.63) is 102 Å². The molecule has 0 aliphatic heterocycles. The van der Waals surface area contributed by atoms with E-state index < -0.39 is 15.9 Å². The maximum absolute atomic E-state index is 12.9. The maximum atomic E-state index is 12.9. The van der Waals surface area contributed by atoms with E-state index in [1.807, 2.05) is 38.1 Å². The summed E-state index contributed by atoms with van der Waals surface area (Å²) in [5.41, 5.74) is 3.56. The van der Waals surface area contributed by atoms with Gasteiger partial charge in [0.2, 0.25) is 0 Å². The molecule has 0 unspecified atom stereocenters. The van der Waals surface area contributed by atoms with Gasteiger partial charge in [0.25, 0.3) is 15.9 Å². The Labute approximate surface area is 262 Å². The normalized spacial score (nSPS) is 11.1. The number of hydrazone groups is 1. The maximum Gasteiger partial charge on any atom is 0.271 e. The lowest BCUT2D eigenvalue weighted by Crippen LogP contribution is -2.19. The number of rotatable bonds is 16. The number of hydrogen-bond acceptors (Lipinski definition) is 9. The van der Waals surface area contributed by atoms with Gasteiger partial charge in [-0.15, -0.1) is 0 Å². The van der Waals surface area contributed by atoms with Crippen molar-refractivity contribution in [2.45, 2.75) is 18.7 Å². The number of methoxy groups -OCH3 is 1. The molecule has 0 bridgehead atoms. The summed E-state index contributed by atoms with van der Waals surface area (Å²) >= 11 is 0. The molecule has 1 amide bonds. The second-order valence-electron chi connectivity index (χ2n) is 9.30. The molecule has 45 heavy (non-hydrogen) atoms. The lowest BCUT2D eigenvalue weighted by atomic mass is 10.2. The molecule has 0 spiro atoms. The number of nitrogens with one attached hydrogen (secondary N) is 2. The van der Waals surface area contributed by atoms with Crippen LogP contribution in [0.3, 0.4) is 0 Å². The van der Waals surface area contributed by atoms with Crippen LogP contribution >= 0.6 is 0 Å². The van der Waals surface area contributed by atoms with Crippen LogP contribution < -0.4 is 33.8 Å². The van der Waals surface area contributed by atoms with E-state index in [0.717, 1.165) is 5.75 Å². The number of carbonyl (C=O) groups excluding carboxylic acids is 1. The molecule has 4 aromatic rings. The number of hydrogen-bond donors (Lipinski definition) is 2. The predicted octanol–water partition coefficient (Wildman–Crippen LogP) is 5.52. The minimum absolute atomic E-state index is 0.0724. The smallest absolute Gasteiger partial charge is 0.271 e. The summed E-state index contributed by atoms with van der Waals surface area (Å²) < 4.78 is 56.1. The number of amides is 1. The molecular weight excluding hydrogens is 598 g/mol. The average Bonchev–Trinajstić information content (AvgIpc) is 3.05. The lowest BCUT2D eigenvalue weighted by Gasteiger charge is -2.13. The largest absolute Gasteiger partial charge is 0.497 e. The summed E-state index contributed by atoms with van der Waals surface area (Å²) in [6, 6.07) is 24.7. The van der Waals surface area contributed by atoms with Crippen LogP contribution in [0.15, 0.2) is 101 Å². The van der Waals surface area contributed by atoms with Gasteiger partial charge in [-0.05, 0) is 104 Å². The second kappa shape index (κ2) is 16.0. The molecule has 4 aromatic carbocycles. The Morgan fingerprint density at radius 3 is 2.11 bits per heavy atom. The van der Waals surface area contributed by atoms with Gasteiger partial charge in [0, 0.05) is 11.3 Å². The summed E-state index contributed by atoms with van der Waals surface area (Å²) in [7, 11) is -2.42. The van der Waals surface area contributed by atoms with E-state index in [4.69, 9.17) is 23.7 Å². The number of benzene rings is 4. The Morgan fingerprint density at radius 1 is 0.756 bits per heavy atom. The molecule has 0 aliphatic carbocycles. The summed E-state index contributed by atoms with van der Waals surface area (Å²) in [5, 5.41) is 4.02. The van der Waals surface area contributed by atoms with Crippen molar-refractivity contribution in [3.8, 4) is 28.7 Å². The Morgan fingerprint density at radius 2 is 1.42 bits per heavy atom. The number of sulfonamides is 1. The molecular formula is C33H35N3O8S. The Balaban J connectivity index is 1.32. The van der Waals surface area contributed by atoms with Gasteiger partial charge >= 0.3 is 0 Å². The van der Waals surface area contributed by atoms with Gasteiger partial charge in [0.1, 0.15) is 30.5 Å². The molecule has 0 radical (unpaired) electrons. The number of carbonyl (C=O) groups is 1. The summed E-state index contributed by atoms with van der Waals surface area (Å²) in [6.07, 6.45) is 1.45. The van der Waals surface area contributed by atoms with Crippen molar-refractivity contribution in [1.29, 1.82) is 0 Å². The Bertz CT molecular complexity index is 1690. The molecule has 11 nitrogen and oxygen atoms in total. The number of anilines is 1. The molecule has 0 atom stereocenters. The molecule has 0 fully saturated rings. The molecule has 0 aliphatic rings. The van der Waals surface area contributed by atoms with Crippen molar-refractivity contribution < 1.29 is 36.9 Å². The van der Waals surface area contributed by atoms with E-state index in [1.54, 1.807) is 42.5 Å². The highest BCUT2D eigenvalue weighted by Crippen LogP contribution is 2.28. The molecule has 0 saturated carbocycles. The highest BCUT2D eigenvalue weighted by Gasteiger charge is 2.17. The van der Waals surface area contributed by atoms with Crippen LogP contribution in [-0.2, 0) is 10.0 Å². The van der Waals surface area contributed by atoms with Gasteiger partial charge in [-0.2, -0.15) is 5.10 Å². The van der Waals surface area contributed by atoms with Crippen molar-refractivity contribution in [1.82, 2.24) is 5.43 Å². The highest BCUT2D eigenvalue weighted by atomic mass is 32.2. The van der Waals surface area contributed by atoms with E-state index in [2.05, 4.69) is 15.2 Å². The first kappa shape index (κ1) is 32.7. The Kier molecular flexibility index (Phi) is 11.6. The van der Waals surface area contributed by atoms with Gasteiger partial charge in [-0.1, -0.05) is 6.07 Å². The quantitative estimate of drug-likeness (QED) is 0.0937.